The first kappa shape index (κ1) is 16.4. The van der Waals surface area contributed by atoms with Crippen molar-refractivity contribution in [3.05, 3.63) is 58.1 Å². The van der Waals surface area contributed by atoms with Crippen molar-refractivity contribution in [3.63, 3.8) is 0 Å². The van der Waals surface area contributed by atoms with E-state index in [1.165, 1.54) is 0 Å². The largest absolute Gasteiger partial charge is 0.481 e. The first-order valence-electron chi connectivity index (χ1n) is 7.18. The molecule has 4 heteroatoms. The Bertz CT molecular complexity index is 697. The number of amides is 1. The zero-order valence-electron chi connectivity index (χ0n) is 13.2. The van der Waals surface area contributed by atoms with Crippen LogP contribution < -0.4 is 10.1 Å². The fraction of sp³-hybridized carbons (Fsp3) is 0.278. The van der Waals surface area contributed by atoms with Gasteiger partial charge in [0.25, 0.3) is 5.91 Å². The second-order valence-corrected chi connectivity index (χ2v) is 5.84. The van der Waals surface area contributed by atoms with Crippen molar-refractivity contribution in [3.8, 4) is 5.75 Å². The minimum atomic E-state index is -0.597. The van der Waals surface area contributed by atoms with Crippen LogP contribution in [0.25, 0.3) is 0 Å². The van der Waals surface area contributed by atoms with Crippen LogP contribution in [0.5, 0.6) is 5.75 Å². The number of benzene rings is 2. The Morgan fingerprint density at radius 3 is 2.55 bits per heavy atom. The van der Waals surface area contributed by atoms with Gasteiger partial charge in [-0.3, -0.25) is 4.79 Å². The fourth-order valence-electron chi connectivity index (χ4n) is 2.11. The molecule has 0 unspecified atom stereocenters. The lowest BCUT2D eigenvalue weighted by atomic mass is 10.1. The number of hydrogen-bond acceptors (Lipinski definition) is 2. The number of aryl methyl sites for hydroxylation is 2. The van der Waals surface area contributed by atoms with Gasteiger partial charge in [-0.05, 0) is 68.7 Å². The number of ether oxygens (including phenoxy) is 1. The van der Waals surface area contributed by atoms with Crippen molar-refractivity contribution in [2.75, 3.05) is 5.32 Å². The van der Waals surface area contributed by atoms with E-state index in [0.717, 1.165) is 22.4 Å². The number of carbonyl (C=O) groups excluding carboxylic acids is 1. The third-order valence-corrected chi connectivity index (χ3v) is 3.91. The summed E-state index contributed by atoms with van der Waals surface area (Å²) < 4.78 is 5.73. The van der Waals surface area contributed by atoms with Gasteiger partial charge >= 0.3 is 0 Å². The Labute approximate surface area is 136 Å². The summed E-state index contributed by atoms with van der Waals surface area (Å²) in [5.41, 5.74) is 3.91. The average molecular weight is 318 g/mol. The molecule has 0 saturated heterocycles. The zero-order valence-corrected chi connectivity index (χ0v) is 14.0. The van der Waals surface area contributed by atoms with E-state index >= 15 is 0 Å². The lowest BCUT2D eigenvalue weighted by Crippen LogP contribution is -2.30. The van der Waals surface area contributed by atoms with Gasteiger partial charge in [0.05, 0.1) is 0 Å². The molecule has 1 N–H and O–H groups in total. The fourth-order valence-corrected chi connectivity index (χ4v) is 2.34. The van der Waals surface area contributed by atoms with E-state index in [1.54, 1.807) is 19.1 Å². The standard InChI is InChI=1S/C18H20ClNO2/c1-11-6-5-7-16(13(11)3)20-18(21)14(4)22-17-9-8-15(19)10-12(17)2/h5-10,14H,1-4H3,(H,20,21)/t14-/m1/s1. The molecule has 0 radical (unpaired) electrons. The van der Waals surface area contributed by atoms with E-state index in [-0.39, 0.29) is 5.91 Å². The maximum absolute atomic E-state index is 12.3. The second-order valence-electron chi connectivity index (χ2n) is 5.41. The summed E-state index contributed by atoms with van der Waals surface area (Å²) in [7, 11) is 0. The van der Waals surface area contributed by atoms with E-state index in [9.17, 15) is 4.79 Å². The van der Waals surface area contributed by atoms with Crippen molar-refractivity contribution in [1.82, 2.24) is 0 Å². The Balaban J connectivity index is 2.07. The Kier molecular flexibility index (Phi) is 5.09. The summed E-state index contributed by atoms with van der Waals surface area (Å²) in [5, 5.41) is 3.56. The van der Waals surface area contributed by atoms with Crippen LogP contribution in [0.3, 0.4) is 0 Å². The summed E-state index contributed by atoms with van der Waals surface area (Å²) in [6.07, 6.45) is -0.597. The molecule has 2 rings (SSSR count). The van der Waals surface area contributed by atoms with Crippen LogP contribution in [0.2, 0.25) is 5.02 Å². The quantitative estimate of drug-likeness (QED) is 0.889. The predicted molar refractivity (Wildman–Crippen MR) is 90.8 cm³/mol. The van der Waals surface area contributed by atoms with Gasteiger partial charge in [-0.1, -0.05) is 23.7 Å². The highest BCUT2D eigenvalue weighted by Crippen LogP contribution is 2.23. The van der Waals surface area contributed by atoms with Gasteiger partial charge in [-0.15, -0.1) is 0 Å². The maximum Gasteiger partial charge on any atom is 0.265 e. The van der Waals surface area contributed by atoms with Crippen LogP contribution >= 0.6 is 11.6 Å². The molecule has 0 fully saturated rings. The lowest BCUT2D eigenvalue weighted by Gasteiger charge is -2.17. The minimum absolute atomic E-state index is 0.178. The molecule has 0 saturated carbocycles. The van der Waals surface area contributed by atoms with Gasteiger partial charge < -0.3 is 10.1 Å². The van der Waals surface area contributed by atoms with Gasteiger partial charge in [0.15, 0.2) is 6.10 Å². The van der Waals surface area contributed by atoms with Crippen LogP contribution in [-0.4, -0.2) is 12.0 Å². The lowest BCUT2D eigenvalue weighted by molar-refractivity contribution is -0.122. The molecule has 0 heterocycles. The van der Waals surface area contributed by atoms with Gasteiger partial charge in [-0.25, -0.2) is 0 Å². The van der Waals surface area contributed by atoms with E-state index in [0.29, 0.717) is 10.8 Å². The topological polar surface area (TPSA) is 38.3 Å². The van der Waals surface area contributed by atoms with Crippen LogP contribution in [0.1, 0.15) is 23.6 Å². The zero-order chi connectivity index (χ0) is 16.3. The molecule has 2 aromatic rings. The molecule has 116 valence electrons. The van der Waals surface area contributed by atoms with Gasteiger partial charge in [-0.2, -0.15) is 0 Å². The van der Waals surface area contributed by atoms with Gasteiger partial charge in [0.1, 0.15) is 5.75 Å². The van der Waals surface area contributed by atoms with E-state index in [1.807, 2.05) is 45.0 Å². The summed E-state index contributed by atoms with van der Waals surface area (Å²) in [6, 6.07) is 11.2. The molecule has 3 nitrogen and oxygen atoms in total. The maximum atomic E-state index is 12.3. The van der Waals surface area contributed by atoms with E-state index < -0.39 is 6.10 Å². The van der Waals surface area contributed by atoms with Crippen molar-refractivity contribution < 1.29 is 9.53 Å². The summed E-state index contributed by atoms with van der Waals surface area (Å²) in [5.74, 6) is 0.482. The summed E-state index contributed by atoms with van der Waals surface area (Å²) in [4.78, 5) is 12.3. The van der Waals surface area contributed by atoms with Crippen LogP contribution in [0.15, 0.2) is 36.4 Å². The molecule has 0 spiro atoms. The molecule has 0 bridgehead atoms. The molecule has 0 aliphatic carbocycles. The normalized spacial score (nSPS) is 11.9. The average Bonchev–Trinajstić information content (AvgIpc) is 2.46. The van der Waals surface area contributed by atoms with Crippen molar-refractivity contribution in [2.24, 2.45) is 0 Å². The molecular formula is C18H20ClNO2. The highest BCUT2D eigenvalue weighted by molar-refractivity contribution is 6.30. The Morgan fingerprint density at radius 2 is 1.86 bits per heavy atom. The molecular weight excluding hydrogens is 298 g/mol. The summed E-state index contributed by atoms with van der Waals surface area (Å²) >= 11 is 5.92. The molecule has 1 amide bonds. The number of halogens is 1. The molecule has 22 heavy (non-hydrogen) atoms. The van der Waals surface area contributed by atoms with Gasteiger partial charge in [0.2, 0.25) is 0 Å². The van der Waals surface area contributed by atoms with Crippen molar-refractivity contribution in [2.45, 2.75) is 33.8 Å². The Hall–Kier alpha value is -2.00. The third kappa shape index (κ3) is 3.80. The SMILES string of the molecule is Cc1cc(Cl)ccc1O[C@H](C)C(=O)Nc1cccc(C)c1C. The molecule has 0 aliphatic rings. The van der Waals surface area contributed by atoms with E-state index in [4.69, 9.17) is 16.3 Å². The molecule has 0 aromatic heterocycles. The number of rotatable bonds is 4. The predicted octanol–water partition coefficient (Wildman–Crippen LogP) is 4.67. The first-order chi connectivity index (χ1) is 10.4. The molecule has 1 atom stereocenters. The molecule has 2 aromatic carbocycles. The number of anilines is 1. The highest BCUT2D eigenvalue weighted by atomic mass is 35.5. The monoisotopic (exact) mass is 317 g/mol. The molecule has 0 aliphatic heterocycles. The minimum Gasteiger partial charge on any atom is -0.481 e. The van der Waals surface area contributed by atoms with Crippen LogP contribution in [-0.2, 0) is 4.79 Å². The first-order valence-corrected chi connectivity index (χ1v) is 7.56. The second kappa shape index (κ2) is 6.84. The number of nitrogens with one attached hydrogen (secondary N) is 1. The van der Waals surface area contributed by atoms with E-state index in [2.05, 4.69) is 5.32 Å². The Morgan fingerprint density at radius 1 is 1.14 bits per heavy atom. The highest BCUT2D eigenvalue weighted by Gasteiger charge is 2.17. The number of hydrogen-bond donors (Lipinski definition) is 1. The van der Waals surface area contributed by atoms with Crippen molar-refractivity contribution in [1.29, 1.82) is 0 Å². The number of carbonyl (C=O) groups is 1. The van der Waals surface area contributed by atoms with Crippen LogP contribution in [0.4, 0.5) is 5.69 Å². The smallest absolute Gasteiger partial charge is 0.265 e. The summed E-state index contributed by atoms with van der Waals surface area (Å²) in [6.45, 7) is 7.63. The third-order valence-electron chi connectivity index (χ3n) is 3.67. The van der Waals surface area contributed by atoms with Crippen LogP contribution in [0, 0.1) is 20.8 Å². The van der Waals surface area contributed by atoms with Crippen molar-refractivity contribution >= 4 is 23.2 Å². The van der Waals surface area contributed by atoms with Gasteiger partial charge in [0, 0.05) is 10.7 Å².